The number of rotatable bonds is 4. The topological polar surface area (TPSA) is 49.4 Å². The van der Waals surface area contributed by atoms with Crippen LogP contribution in [-0.2, 0) is 9.59 Å². The number of nitrogens with one attached hydrogen (secondary N) is 1. The average Bonchev–Trinajstić information content (AvgIpc) is 2.63. The Labute approximate surface area is 159 Å². The molecule has 3 rings (SSSR count). The number of likely N-dealkylation sites (tertiary alicyclic amines) is 1. The van der Waals surface area contributed by atoms with Crippen LogP contribution in [0.1, 0.15) is 85.0 Å². The summed E-state index contributed by atoms with van der Waals surface area (Å²) in [7, 11) is 0. The molecule has 1 saturated heterocycles. The quantitative estimate of drug-likeness (QED) is 0.824. The van der Waals surface area contributed by atoms with Crippen LogP contribution in [0.5, 0.6) is 0 Å². The van der Waals surface area contributed by atoms with Gasteiger partial charge in [0.25, 0.3) is 0 Å². The van der Waals surface area contributed by atoms with Crippen LogP contribution < -0.4 is 5.32 Å². The first-order valence-electron chi connectivity index (χ1n) is 10.9. The van der Waals surface area contributed by atoms with Crippen molar-refractivity contribution in [1.82, 2.24) is 10.2 Å². The monoisotopic (exact) mass is 362 g/mol. The maximum Gasteiger partial charge on any atom is 0.223 e. The Hall–Kier alpha value is -0.900. The molecule has 1 spiro atoms. The summed E-state index contributed by atoms with van der Waals surface area (Å²) in [4.78, 5) is 26.8. The second-order valence-electron chi connectivity index (χ2n) is 9.57. The third-order valence-corrected chi connectivity index (χ3v) is 7.65. The molecule has 1 N–H and O–H groups in total. The van der Waals surface area contributed by atoms with E-state index in [1.54, 1.807) is 6.92 Å². The van der Waals surface area contributed by atoms with Crippen LogP contribution in [0, 0.1) is 17.3 Å². The number of carbonyl (C=O) groups is 2. The molecule has 0 aromatic rings. The molecule has 0 atom stereocenters. The van der Waals surface area contributed by atoms with Crippen LogP contribution in [-0.4, -0.2) is 41.8 Å². The molecule has 4 heteroatoms. The number of hydrogen-bond acceptors (Lipinski definition) is 3. The van der Waals surface area contributed by atoms with E-state index in [0.29, 0.717) is 23.3 Å². The van der Waals surface area contributed by atoms with Gasteiger partial charge in [-0.1, -0.05) is 0 Å². The molecule has 26 heavy (non-hydrogen) atoms. The molecule has 0 unspecified atom stereocenters. The second kappa shape index (κ2) is 8.41. The van der Waals surface area contributed by atoms with Gasteiger partial charge in [0.15, 0.2) is 0 Å². The Morgan fingerprint density at radius 2 is 1.46 bits per heavy atom. The fraction of sp³-hybridized carbons (Fsp3) is 0.909. The Bertz CT molecular complexity index is 490. The van der Waals surface area contributed by atoms with Crippen LogP contribution in [0.4, 0.5) is 0 Å². The fourth-order valence-corrected chi connectivity index (χ4v) is 5.47. The molecule has 1 heterocycles. The first kappa shape index (κ1) is 19.9. The number of piperidine rings is 1. The van der Waals surface area contributed by atoms with Gasteiger partial charge in [-0.3, -0.25) is 9.59 Å². The van der Waals surface area contributed by atoms with Crippen molar-refractivity contribution in [2.45, 2.75) is 97.1 Å². The lowest BCUT2D eigenvalue weighted by Crippen LogP contribution is -2.47. The number of hydrogen-bond donors (Lipinski definition) is 1. The molecule has 0 aromatic carbocycles. The average molecular weight is 363 g/mol. The highest BCUT2D eigenvalue weighted by Crippen LogP contribution is 2.46. The van der Waals surface area contributed by atoms with Gasteiger partial charge >= 0.3 is 0 Å². The van der Waals surface area contributed by atoms with Crippen molar-refractivity contribution in [1.29, 1.82) is 0 Å². The van der Waals surface area contributed by atoms with Gasteiger partial charge in [-0.05, 0) is 103 Å². The Kier molecular flexibility index (Phi) is 6.42. The molecular weight excluding hydrogens is 324 g/mol. The van der Waals surface area contributed by atoms with E-state index in [1.165, 1.54) is 38.8 Å². The molecule has 0 bridgehead atoms. The van der Waals surface area contributed by atoms with Gasteiger partial charge in [-0.15, -0.1) is 0 Å². The van der Waals surface area contributed by atoms with Crippen molar-refractivity contribution in [2.24, 2.45) is 17.3 Å². The van der Waals surface area contributed by atoms with Crippen molar-refractivity contribution in [2.75, 3.05) is 13.1 Å². The molecule has 3 fully saturated rings. The zero-order valence-electron chi connectivity index (χ0n) is 17.1. The van der Waals surface area contributed by atoms with Gasteiger partial charge in [-0.2, -0.15) is 0 Å². The zero-order chi connectivity index (χ0) is 18.7. The summed E-state index contributed by atoms with van der Waals surface area (Å²) < 4.78 is 0. The highest BCUT2D eigenvalue weighted by molar-refractivity contribution is 5.79. The standard InChI is InChI=1S/C22H38N2O2/c1-16(2)24-14-12-22(13-15-24)10-8-19(9-11-22)21(26)23-20-6-4-18(5-7-20)17(3)25/h16,18-20H,4-15H2,1-3H3,(H,23,26). The van der Waals surface area contributed by atoms with E-state index < -0.39 is 0 Å². The van der Waals surface area contributed by atoms with Crippen LogP contribution >= 0.6 is 0 Å². The van der Waals surface area contributed by atoms with Crippen LogP contribution in [0.3, 0.4) is 0 Å². The fourth-order valence-electron chi connectivity index (χ4n) is 5.47. The number of amides is 1. The molecule has 3 aliphatic rings. The summed E-state index contributed by atoms with van der Waals surface area (Å²) in [5.74, 6) is 1.05. The van der Waals surface area contributed by atoms with Crippen molar-refractivity contribution in [3.63, 3.8) is 0 Å². The van der Waals surface area contributed by atoms with Crippen LogP contribution in [0.2, 0.25) is 0 Å². The lowest BCUT2D eigenvalue weighted by Gasteiger charge is -2.47. The highest BCUT2D eigenvalue weighted by atomic mass is 16.2. The predicted molar refractivity (Wildman–Crippen MR) is 105 cm³/mol. The SMILES string of the molecule is CC(=O)C1CCC(NC(=O)C2CCC3(CC2)CCN(C(C)C)CC3)CC1. The summed E-state index contributed by atoms with van der Waals surface area (Å²) in [6, 6.07) is 0.954. The van der Waals surface area contributed by atoms with Gasteiger partial charge in [0.1, 0.15) is 5.78 Å². The molecule has 1 amide bonds. The van der Waals surface area contributed by atoms with Gasteiger partial charge in [0, 0.05) is 23.9 Å². The Morgan fingerprint density at radius 3 is 1.96 bits per heavy atom. The third kappa shape index (κ3) is 4.68. The number of carbonyl (C=O) groups excluding carboxylic acids is 2. The summed E-state index contributed by atoms with van der Waals surface area (Å²) in [6.45, 7) is 8.75. The van der Waals surface area contributed by atoms with Crippen LogP contribution in [0.15, 0.2) is 0 Å². The summed E-state index contributed by atoms with van der Waals surface area (Å²) in [6.07, 6.45) is 11.0. The summed E-state index contributed by atoms with van der Waals surface area (Å²) in [5.41, 5.74) is 0.516. The highest BCUT2D eigenvalue weighted by Gasteiger charge is 2.40. The molecule has 2 saturated carbocycles. The van der Waals surface area contributed by atoms with Crippen LogP contribution in [0.25, 0.3) is 0 Å². The van der Waals surface area contributed by atoms with E-state index in [0.717, 1.165) is 38.5 Å². The molecule has 0 aromatic heterocycles. The first-order chi connectivity index (χ1) is 12.4. The van der Waals surface area contributed by atoms with E-state index in [-0.39, 0.29) is 17.7 Å². The van der Waals surface area contributed by atoms with Crippen molar-refractivity contribution in [3.8, 4) is 0 Å². The van der Waals surface area contributed by atoms with Crippen molar-refractivity contribution < 1.29 is 9.59 Å². The van der Waals surface area contributed by atoms with E-state index in [2.05, 4.69) is 24.1 Å². The van der Waals surface area contributed by atoms with E-state index in [9.17, 15) is 9.59 Å². The lowest BCUT2D eigenvalue weighted by molar-refractivity contribution is -0.128. The minimum absolute atomic E-state index is 0.217. The van der Waals surface area contributed by atoms with Gasteiger partial charge in [-0.25, -0.2) is 0 Å². The van der Waals surface area contributed by atoms with Gasteiger partial charge < -0.3 is 10.2 Å². The zero-order valence-corrected chi connectivity index (χ0v) is 17.1. The summed E-state index contributed by atoms with van der Waals surface area (Å²) in [5, 5.41) is 3.30. The second-order valence-corrected chi connectivity index (χ2v) is 9.57. The lowest BCUT2D eigenvalue weighted by atomic mass is 9.65. The first-order valence-corrected chi connectivity index (χ1v) is 10.9. The van der Waals surface area contributed by atoms with E-state index in [1.807, 2.05) is 0 Å². The van der Waals surface area contributed by atoms with E-state index >= 15 is 0 Å². The molecule has 0 radical (unpaired) electrons. The largest absolute Gasteiger partial charge is 0.353 e. The molecule has 1 aliphatic heterocycles. The summed E-state index contributed by atoms with van der Waals surface area (Å²) >= 11 is 0. The minimum atomic E-state index is 0.217. The van der Waals surface area contributed by atoms with Gasteiger partial charge in [0.2, 0.25) is 5.91 Å². The predicted octanol–water partition coefficient (Wildman–Crippen LogP) is 3.93. The smallest absolute Gasteiger partial charge is 0.223 e. The minimum Gasteiger partial charge on any atom is -0.353 e. The number of Topliss-reactive ketones (excluding diaryl/α,β-unsaturated/α-hetero) is 1. The Morgan fingerprint density at radius 1 is 0.885 bits per heavy atom. The molecule has 2 aliphatic carbocycles. The maximum absolute atomic E-state index is 12.7. The van der Waals surface area contributed by atoms with Crippen molar-refractivity contribution in [3.05, 3.63) is 0 Å². The number of ketones is 1. The maximum atomic E-state index is 12.7. The van der Waals surface area contributed by atoms with Crippen molar-refractivity contribution >= 4 is 11.7 Å². The molecule has 148 valence electrons. The number of nitrogens with zero attached hydrogens (tertiary/aromatic N) is 1. The third-order valence-electron chi connectivity index (χ3n) is 7.65. The normalized spacial score (nSPS) is 30.5. The molecular formula is C22H38N2O2. The van der Waals surface area contributed by atoms with Gasteiger partial charge in [0.05, 0.1) is 0 Å². The Balaban J connectivity index is 1.41. The molecule has 4 nitrogen and oxygen atoms in total. The van der Waals surface area contributed by atoms with E-state index in [4.69, 9.17) is 0 Å².